The van der Waals surface area contributed by atoms with Gasteiger partial charge >= 0.3 is 0 Å². The topological polar surface area (TPSA) is 61.7 Å². The fraction of sp³-hybridized carbons (Fsp3) is 0.222. The average molecular weight is 294 g/mol. The van der Waals surface area contributed by atoms with E-state index in [0.29, 0.717) is 5.56 Å². The predicted molar refractivity (Wildman–Crippen MR) is 85.5 cm³/mol. The lowest BCUT2D eigenvalue weighted by Gasteiger charge is -2.17. The fourth-order valence-electron chi connectivity index (χ4n) is 2.69. The van der Waals surface area contributed by atoms with Gasteiger partial charge in [-0.3, -0.25) is 4.79 Å². The Morgan fingerprint density at radius 1 is 1.05 bits per heavy atom. The molecule has 0 saturated carbocycles. The van der Waals surface area contributed by atoms with Crippen LogP contribution in [0.5, 0.6) is 0 Å². The van der Waals surface area contributed by atoms with Gasteiger partial charge in [0.1, 0.15) is 0 Å². The number of carbonyl (C=O) groups excluding carboxylic acids is 1. The fourth-order valence-corrected chi connectivity index (χ4v) is 2.69. The number of rotatable bonds is 3. The molecule has 0 aliphatic heterocycles. The molecule has 0 heterocycles. The molecule has 1 aliphatic carbocycles. The highest BCUT2D eigenvalue weighted by Gasteiger charge is 2.18. The van der Waals surface area contributed by atoms with Gasteiger partial charge in [-0.15, -0.1) is 0 Å². The molecule has 2 aromatic rings. The normalized spacial score (nSPS) is 16.9. The van der Waals surface area contributed by atoms with Crippen molar-refractivity contribution in [2.24, 2.45) is 5.10 Å². The summed E-state index contributed by atoms with van der Waals surface area (Å²) in [5.74, 6) is -0.512. The molecule has 1 amide bonds. The molecule has 0 radical (unpaired) electrons. The summed E-state index contributed by atoms with van der Waals surface area (Å²) < 4.78 is 0. The van der Waals surface area contributed by atoms with E-state index in [9.17, 15) is 9.90 Å². The quantitative estimate of drug-likeness (QED) is 0.855. The van der Waals surface area contributed by atoms with E-state index >= 15 is 0 Å². The van der Waals surface area contributed by atoms with Crippen LogP contribution in [0.4, 0.5) is 0 Å². The number of nitrogens with zero attached hydrogens (tertiary/aromatic N) is 1. The molecule has 0 spiro atoms. The molecule has 4 nitrogen and oxygen atoms in total. The molecule has 22 heavy (non-hydrogen) atoms. The van der Waals surface area contributed by atoms with Crippen molar-refractivity contribution in [2.45, 2.75) is 25.4 Å². The predicted octanol–water partition coefficient (Wildman–Crippen LogP) is 2.58. The molecule has 0 aromatic heterocycles. The second-order valence-corrected chi connectivity index (χ2v) is 5.36. The minimum Gasteiger partial charge on any atom is -0.378 e. The van der Waals surface area contributed by atoms with Gasteiger partial charge in [0, 0.05) is 5.56 Å². The number of aliphatic hydroxyl groups excluding tert-OH is 1. The van der Waals surface area contributed by atoms with Crippen molar-refractivity contribution in [3.63, 3.8) is 0 Å². The summed E-state index contributed by atoms with van der Waals surface area (Å²) in [6, 6.07) is 16.9. The first-order valence-corrected chi connectivity index (χ1v) is 7.43. The summed E-state index contributed by atoms with van der Waals surface area (Å²) in [6.07, 6.45) is 1.69. The molecule has 0 saturated heterocycles. The number of hydrogen-bond acceptors (Lipinski definition) is 3. The number of aryl methyl sites for hydroxylation is 1. The Morgan fingerprint density at radius 2 is 1.77 bits per heavy atom. The van der Waals surface area contributed by atoms with Crippen molar-refractivity contribution in [3.8, 4) is 0 Å². The van der Waals surface area contributed by atoms with Crippen LogP contribution in [0, 0.1) is 0 Å². The van der Waals surface area contributed by atoms with Gasteiger partial charge in [-0.05, 0) is 30.4 Å². The lowest BCUT2D eigenvalue weighted by atomic mass is 9.90. The number of fused-ring (bicyclic) bond motifs is 1. The Morgan fingerprint density at radius 3 is 2.59 bits per heavy atom. The summed E-state index contributed by atoms with van der Waals surface area (Å²) >= 11 is 0. The van der Waals surface area contributed by atoms with Crippen molar-refractivity contribution in [2.75, 3.05) is 0 Å². The highest BCUT2D eigenvalue weighted by molar-refractivity contribution is 6.03. The first-order chi connectivity index (χ1) is 10.8. The standard InChI is InChI=1S/C18H18N2O2/c21-17(14-8-2-1-3-9-14)18(22)20-19-16-12-6-10-13-7-4-5-11-15(13)16/h1-5,7-9,11,17,21H,6,10,12H2,(H,20,22)/b19-16-/t17-/m0/s1. The number of hydrazone groups is 1. The molecule has 0 fully saturated rings. The van der Waals surface area contributed by atoms with Gasteiger partial charge in [0.25, 0.3) is 5.91 Å². The van der Waals surface area contributed by atoms with Crippen LogP contribution >= 0.6 is 0 Å². The number of aliphatic hydroxyl groups is 1. The highest BCUT2D eigenvalue weighted by Crippen LogP contribution is 2.21. The summed E-state index contributed by atoms with van der Waals surface area (Å²) in [5, 5.41) is 14.3. The third-order valence-corrected chi connectivity index (χ3v) is 3.85. The number of nitrogens with one attached hydrogen (secondary N) is 1. The van der Waals surface area contributed by atoms with Gasteiger partial charge in [-0.2, -0.15) is 5.10 Å². The third-order valence-electron chi connectivity index (χ3n) is 3.85. The van der Waals surface area contributed by atoms with Crippen LogP contribution in [0.15, 0.2) is 59.7 Å². The van der Waals surface area contributed by atoms with E-state index in [2.05, 4.69) is 16.6 Å². The van der Waals surface area contributed by atoms with Crippen molar-refractivity contribution in [1.29, 1.82) is 0 Å². The maximum atomic E-state index is 12.0. The summed E-state index contributed by atoms with van der Waals surface area (Å²) in [5.41, 5.74) is 6.26. The monoisotopic (exact) mass is 294 g/mol. The van der Waals surface area contributed by atoms with Gasteiger partial charge in [0.15, 0.2) is 6.10 Å². The van der Waals surface area contributed by atoms with E-state index in [1.165, 1.54) is 5.56 Å². The van der Waals surface area contributed by atoms with Gasteiger partial charge < -0.3 is 5.11 Å². The Hall–Kier alpha value is -2.46. The summed E-state index contributed by atoms with van der Waals surface area (Å²) in [6.45, 7) is 0. The maximum Gasteiger partial charge on any atom is 0.273 e. The van der Waals surface area contributed by atoms with E-state index < -0.39 is 12.0 Å². The van der Waals surface area contributed by atoms with Crippen molar-refractivity contribution in [1.82, 2.24) is 5.43 Å². The number of benzene rings is 2. The summed E-state index contributed by atoms with van der Waals surface area (Å²) in [7, 11) is 0. The van der Waals surface area contributed by atoms with Crippen molar-refractivity contribution in [3.05, 3.63) is 71.3 Å². The molecule has 0 bridgehead atoms. The maximum absolute atomic E-state index is 12.0. The second kappa shape index (κ2) is 6.54. The molecule has 1 aliphatic rings. The molecule has 0 unspecified atom stereocenters. The number of hydrogen-bond donors (Lipinski definition) is 2. The smallest absolute Gasteiger partial charge is 0.273 e. The Labute approximate surface area is 129 Å². The van der Waals surface area contributed by atoms with E-state index in [4.69, 9.17) is 0 Å². The first kappa shape index (κ1) is 14.5. The second-order valence-electron chi connectivity index (χ2n) is 5.36. The van der Waals surface area contributed by atoms with Crippen LogP contribution in [0.2, 0.25) is 0 Å². The molecule has 3 rings (SSSR count). The third kappa shape index (κ3) is 3.07. The highest BCUT2D eigenvalue weighted by atomic mass is 16.3. The van der Waals surface area contributed by atoms with E-state index in [-0.39, 0.29) is 0 Å². The lowest BCUT2D eigenvalue weighted by Crippen LogP contribution is -2.27. The molecule has 2 aromatic carbocycles. The zero-order valence-corrected chi connectivity index (χ0v) is 12.2. The zero-order valence-electron chi connectivity index (χ0n) is 12.2. The van der Waals surface area contributed by atoms with Crippen molar-refractivity contribution < 1.29 is 9.90 Å². The first-order valence-electron chi connectivity index (χ1n) is 7.43. The molecule has 4 heteroatoms. The Balaban J connectivity index is 1.73. The van der Waals surface area contributed by atoms with E-state index in [1.54, 1.807) is 24.3 Å². The minimum absolute atomic E-state index is 0.512. The van der Waals surface area contributed by atoms with Crippen LogP contribution in [-0.4, -0.2) is 16.7 Å². The van der Waals surface area contributed by atoms with Crippen molar-refractivity contribution >= 4 is 11.6 Å². The lowest BCUT2D eigenvalue weighted by molar-refractivity contribution is -0.129. The van der Waals surface area contributed by atoms with E-state index in [1.807, 2.05) is 24.3 Å². The zero-order chi connectivity index (χ0) is 15.4. The summed E-state index contributed by atoms with van der Waals surface area (Å²) in [4.78, 5) is 12.0. The Bertz CT molecular complexity index is 695. The van der Waals surface area contributed by atoms with Crippen LogP contribution in [0.1, 0.15) is 35.6 Å². The minimum atomic E-state index is -1.20. The average Bonchev–Trinajstić information content (AvgIpc) is 2.59. The molecular formula is C18H18N2O2. The van der Waals surface area contributed by atoms with Gasteiger partial charge in [-0.25, -0.2) is 5.43 Å². The molecule has 1 atom stereocenters. The van der Waals surface area contributed by atoms with Crippen LogP contribution in [0.25, 0.3) is 0 Å². The van der Waals surface area contributed by atoms with Crippen LogP contribution in [0.3, 0.4) is 0 Å². The van der Waals surface area contributed by atoms with Crippen LogP contribution < -0.4 is 5.43 Å². The molecule has 112 valence electrons. The van der Waals surface area contributed by atoms with Crippen LogP contribution in [-0.2, 0) is 11.2 Å². The molecule has 2 N–H and O–H groups in total. The molecular weight excluding hydrogens is 276 g/mol. The SMILES string of the molecule is O=C(N/N=C1/CCCc2ccccc21)[C@@H](O)c1ccccc1. The number of amides is 1. The van der Waals surface area contributed by atoms with Gasteiger partial charge in [0.05, 0.1) is 5.71 Å². The Kier molecular flexibility index (Phi) is 4.30. The van der Waals surface area contributed by atoms with E-state index in [0.717, 1.165) is 30.5 Å². The van der Waals surface area contributed by atoms with Gasteiger partial charge in [0.2, 0.25) is 0 Å². The van der Waals surface area contributed by atoms with Gasteiger partial charge in [-0.1, -0.05) is 54.6 Å². The largest absolute Gasteiger partial charge is 0.378 e. The number of carbonyl (C=O) groups is 1.